The molecule has 0 saturated heterocycles. The van der Waals surface area contributed by atoms with Gasteiger partial charge in [0.1, 0.15) is 5.15 Å². The first-order valence-electron chi connectivity index (χ1n) is 4.79. The molecule has 15 heavy (non-hydrogen) atoms. The number of halogens is 1. The van der Waals surface area contributed by atoms with Gasteiger partial charge < -0.3 is 4.98 Å². The van der Waals surface area contributed by atoms with E-state index < -0.39 is 0 Å². The van der Waals surface area contributed by atoms with E-state index in [1.165, 1.54) is 5.39 Å². The number of hydrogen-bond donors (Lipinski definition) is 1. The van der Waals surface area contributed by atoms with Gasteiger partial charge >= 0.3 is 0 Å². The van der Waals surface area contributed by atoms with Crippen LogP contribution in [0.5, 0.6) is 0 Å². The molecular formula is C12H9ClN2. The largest absolute Gasteiger partial charge is 0.353 e. The Labute approximate surface area is 91.9 Å². The highest BCUT2D eigenvalue weighted by Crippen LogP contribution is 2.28. The first kappa shape index (κ1) is 8.74. The van der Waals surface area contributed by atoms with E-state index in [9.17, 15) is 0 Å². The zero-order valence-electron chi connectivity index (χ0n) is 8.21. The van der Waals surface area contributed by atoms with E-state index in [-0.39, 0.29) is 0 Å². The SMILES string of the molecule is Cc1nc(Cl)cc2c1[nH]c1ccccc12. The fourth-order valence-corrected chi connectivity index (χ4v) is 2.20. The Hall–Kier alpha value is -1.54. The monoisotopic (exact) mass is 216 g/mol. The third-order valence-electron chi connectivity index (χ3n) is 2.65. The van der Waals surface area contributed by atoms with E-state index in [2.05, 4.69) is 22.1 Å². The summed E-state index contributed by atoms with van der Waals surface area (Å²) in [4.78, 5) is 7.58. The molecule has 3 heteroatoms. The molecule has 0 fully saturated rings. The van der Waals surface area contributed by atoms with Gasteiger partial charge in [-0.25, -0.2) is 4.98 Å². The molecule has 0 bridgehead atoms. The molecule has 3 rings (SSSR count). The highest BCUT2D eigenvalue weighted by atomic mass is 35.5. The number of aromatic amines is 1. The average molecular weight is 217 g/mol. The van der Waals surface area contributed by atoms with E-state index in [4.69, 9.17) is 11.6 Å². The second-order valence-electron chi connectivity index (χ2n) is 3.62. The van der Waals surface area contributed by atoms with E-state index in [0.717, 1.165) is 22.1 Å². The Bertz CT molecular complexity index is 655. The summed E-state index contributed by atoms with van der Waals surface area (Å²) in [5.74, 6) is 0. The molecule has 74 valence electrons. The van der Waals surface area contributed by atoms with Gasteiger partial charge in [0, 0.05) is 16.3 Å². The number of rotatable bonds is 0. The van der Waals surface area contributed by atoms with Crippen molar-refractivity contribution < 1.29 is 0 Å². The van der Waals surface area contributed by atoms with Gasteiger partial charge in [-0.3, -0.25) is 0 Å². The number of aryl methyl sites for hydroxylation is 1. The van der Waals surface area contributed by atoms with Crippen LogP contribution < -0.4 is 0 Å². The van der Waals surface area contributed by atoms with Crippen LogP contribution in [0, 0.1) is 6.92 Å². The third kappa shape index (κ3) is 1.22. The van der Waals surface area contributed by atoms with Crippen LogP contribution in [0.1, 0.15) is 5.69 Å². The molecular weight excluding hydrogens is 208 g/mol. The van der Waals surface area contributed by atoms with Gasteiger partial charge in [-0.05, 0) is 19.1 Å². The van der Waals surface area contributed by atoms with Crippen molar-refractivity contribution >= 4 is 33.4 Å². The molecule has 0 amide bonds. The van der Waals surface area contributed by atoms with E-state index in [0.29, 0.717) is 5.15 Å². The number of aromatic nitrogens is 2. The zero-order chi connectivity index (χ0) is 10.4. The maximum absolute atomic E-state index is 5.96. The third-order valence-corrected chi connectivity index (χ3v) is 2.84. The summed E-state index contributed by atoms with van der Waals surface area (Å²) in [7, 11) is 0. The molecule has 0 aliphatic heterocycles. The van der Waals surface area contributed by atoms with Crippen molar-refractivity contribution in [2.75, 3.05) is 0 Å². The maximum Gasteiger partial charge on any atom is 0.130 e. The first-order chi connectivity index (χ1) is 7.25. The van der Waals surface area contributed by atoms with Crippen LogP contribution in [-0.2, 0) is 0 Å². The van der Waals surface area contributed by atoms with Crippen molar-refractivity contribution in [3.63, 3.8) is 0 Å². The predicted molar refractivity (Wildman–Crippen MR) is 63.3 cm³/mol. The second kappa shape index (κ2) is 2.97. The molecule has 2 aromatic heterocycles. The molecule has 0 aliphatic carbocycles. The molecule has 3 aromatic rings. The van der Waals surface area contributed by atoms with Crippen LogP contribution >= 0.6 is 11.6 Å². The van der Waals surface area contributed by atoms with Crippen LogP contribution in [0.2, 0.25) is 5.15 Å². The number of nitrogens with one attached hydrogen (secondary N) is 1. The van der Waals surface area contributed by atoms with Gasteiger partial charge in [-0.1, -0.05) is 29.8 Å². The Balaban J connectivity index is 2.61. The first-order valence-corrected chi connectivity index (χ1v) is 5.17. The molecule has 0 radical (unpaired) electrons. The minimum Gasteiger partial charge on any atom is -0.353 e. The van der Waals surface area contributed by atoms with Gasteiger partial charge in [0.05, 0.1) is 11.2 Å². The van der Waals surface area contributed by atoms with E-state index >= 15 is 0 Å². The highest BCUT2D eigenvalue weighted by molar-refractivity contribution is 6.30. The van der Waals surface area contributed by atoms with Crippen molar-refractivity contribution in [3.8, 4) is 0 Å². The number of fused-ring (bicyclic) bond motifs is 3. The standard InChI is InChI=1S/C12H9ClN2/c1-7-12-9(6-11(13)14-7)8-4-2-3-5-10(8)15-12/h2-6,15H,1H3. The lowest BCUT2D eigenvalue weighted by molar-refractivity contribution is 1.22. The number of benzene rings is 1. The summed E-state index contributed by atoms with van der Waals surface area (Å²) < 4.78 is 0. The van der Waals surface area contributed by atoms with Gasteiger partial charge in [0.2, 0.25) is 0 Å². The topological polar surface area (TPSA) is 28.7 Å². The van der Waals surface area contributed by atoms with E-state index in [1.807, 2.05) is 25.1 Å². The summed E-state index contributed by atoms with van der Waals surface area (Å²) >= 11 is 5.96. The minimum atomic E-state index is 0.546. The second-order valence-corrected chi connectivity index (χ2v) is 4.01. The summed E-state index contributed by atoms with van der Waals surface area (Å²) in [6.45, 7) is 1.96. The van der Waals surface area contributed by atoms with Gasteiger partial charge in [-0.15, -0.1) is 0 Å². The van der Waals surface area contributed by atoms with Crippen LogP contribution in [0.4, 0.5) is 0 Å². The fourth-order valence-electron chi connectivity index (χ4n) is 1.97. The molecule has 0 unspecified atom stereocenters. The Morgan fingerprint density at radius 1 is 1.20 bits per heavy atom. The number of H-pyrrole nitrogens is 1. The van der Waals surface area contributed by atoms with Crippen LogP contribution in [0.25, 0.3) is 21.8 Å². The fraction of sp³-hybridized carbons (Fsp3) is 0.0833. The Morgan fingerprint density at radius 2 is 2.00 bits per heavy atom. The highest BCUT2D eigenvalue weighted by Gasteiger charge is 2.07. The lowest BCUT2D eigenvalue weighted by atomic mass is 10.2. The van der Waals surface area contributed by atoms with Gasteiger partial charge in [-0.2, -0.15) is 0 Å². The number of pyridine rings is 1. The maximum atomic E-state index is 5.96. The Morgan fingerprint density at radius 3 is 2.87 bits per heavy atom. The molecule has 0 saturated carbocycles. The minimum absolute atomic E-state index is 0.546. The van der Waals surface area contributed by atoms with Crippen molar-refractivity contribution in [1.82, 2.24) is 9.97 Å². The summed E-state index contributed by atoms with van der Waals surface area (Å²) in [6, 6.07) is 10.1. The van der Waals surface area contributed by atoms with Crippen molar-refractivity contribution in [2.45, 2.75) is 6.92 Å². The summed E-state index contributed by atoms with van der Waals surface area (Å²) in [6.07, 6.45) is 0. The molecule has 2 nitrogen and oxygen atoms in total. The quantitative estimate of drug-likeness (QED) is 0.571. The van der Waals surface area contributed by atoms with Crippen LogP contribution in [0.15, 0.2) is 30.3 Å². The van der Waals surface area contributed by atoms with Crippen molar-refractivity contribution in [3.05, 3.63) is 41.2 Å². The molecule has 0 spiro atoms. The Kier molecular flexibility index (Phi) is 1.73. The molecule has 1 N–H and O–H groups in total. The number of hydrogen-bond acceptors (Lipinski definition) is 1. The lowest BCUT2D eigenvalue weighted by Crippen LogP contribution is -1.82. The van der Waals surface area contributed by atoms with Crippen LogP contribution in [0.3, 0.4) is 0 Å². The van der Waals surface area contributed by atoms with Gasteiger partial charge in [0.25, 0.3) is 0 Å². The molecule has 2 heterocycles. The molecule has 0 aliphatic rings. The average Bonchev–Trinajstić information content (AvgIpc) is 2.57. The predicted octanol–water partition coefficient (Wildman–Crippen LogP) is 3.68. The lowest BCUT2D eigenvalue weighted by Gasteiger charge is -1.96. The van der Waals surface area contributed by atoms with Gasteiger partial charge in [0.15, 0.2) is 0 Å². The number of para-hydroxylation sites is 1. The van der Waals surface area contributed by atoms with Crippen molar-refractivity contribution in [1.29, 1.82) is 0 Å². The summed E-state index contributed by atoms with van der Waals surface area (Å²) in [5, 5.41) is 2.88. The van der Waals surface area contributed by atoms with Crippen molar-refractivity contribution in [2.24, 2.45) is 0 Å². The normalized spacial score (nSPS) is 11.3. The molecule has 1 aromatic carbocycles. The zero-order valence-corrected chi connectivity index (χ0v) is 8.97. The number of nitrogens with zero attached hydrogens (tertiary/aromatic N) is 1. The van der Waals surface area contributed by atoms with E-state index in [1.54, 1.807) is 0 Å². The summed E-state index contributed by atoms with van der Waals surface area (Å²) in [5.41, 5.74) is 3.13. The smallest absolute Gasteiger partial charge is 0.130 e. The van der Waals surface area contributed by atoms with Crippen LogP contribution in [-0.4, -0.2) is 9.97 Å². The molecule has 0 atom stereocenters.